The number of rotatable bonds is 6. The maximum Gasteiger partial charge on any atom is 0.229 e. The summed E-state index contributed by atoms with van der Waals surface area (Å²) in [6.45, 7) is 2.40. The van der Waals surface area contributed by atoms with E-state index in [9.17, 15) is 13.6 Å². The van der Waals surface area contributed by atoms with Crippen molar-refractivity contribution in [2.24, 2.45) is 5.73 Å². The predicted octanol–water partition coefficient (Wildman–Crippen LogP) is 1.83. The maximum absolute atomic E-state index is 13.4. The molecule has 0 aliphatic heterocycles. The van der Waals surface area contributed by atoms with Crippen LogP contribution in [0, 0.1) is 11.6 Å². The summed E-state index contributed by atoms with van der Waals surface area (Å²) >= 11 is 1.29. The number of amides is 1. The van der Waals surface area contributed by atoms with Gasteiger partial charge in [-0.3, -0.25) is 4.79 Å². The minimum absolute atomic E-state index is 0.0885. The van der Waals surface area contributed by atoms with E-state index in [0.29, 0.717) is 12.3 Å². The maximum atomic E-state index is 13.4. The molecule has 0 bridgehead atoms. The zero-order valence-electron chi connectivity index (χ0n) is 10.1. The third kappa shape index (κ3) is 4.62. The van der Waals surface area contributed by atoms with E-state index in [-0.39, 0.29) is 17.2 Å². The second kappa shape index (κ2) is 7.33. The number of carbonyl (C=O) groups excluding carboxylic acids is 1. The van der Waals surface area contributed by atoms with Crippen molar-refractivity contribution in [1.29, 1.82) is 0 Å². The summed E-state index contributed by atoms with van der Waals surface area (Å²) in [7, 11) is 0. The molecule has 0 heterocycles. The second-order valence-corrected chi connectivity index (χ2v) is 4.77. The van der Waals surface area contributed by atoms with E-state index in [1.807, 2.05) is 6.92 Å². The standard InChI is InChI=1S/C12H16F2N2OS/c1-2-16-12(17)7-18-6-11(15)9-5-8(13)3-4-10(9)14/h3-5,11H,2,6-7,15H2,1H3,(H,16,17). The van der Waals surface area contributed by atoms with Gasteiger partial charge in [0.1, 0.15) is 11.6 Å². The Morgan fingerprint density at radius 2 is 2.22 bits per heavy atom. The Balaban J connectivity index is 2.47. The first-order valence-electron chi connectivity index (χ1n) is 5.59. The average molecular weight is 274 g/mol. The molecule has 0 radical (unpaired) electrons. The minimum Gasteiger partial charge on any atom is -0.356 e. The fourth-order valence-electron chi connectivity index (χ4n) is 1.42. The Labute approximate surface area is 109 Å². The normalized spacial score (nSPS) is 12.2. The van der Waals surface area contributed by atoms with E-state index < -0.39 is 17.7 Å². The highest BCUT2D eigenvalue weighted by molar-refractivity contribution is 7.99. The number of nitrogens with two attached hydrogens (primary N) is 1. The Hall–Kier alpha value is -1.14. The first-order valence-corrected chi connectivity index (χ1v) is 6.75. The molecule has 3 N–H and O–H groups in total. The van der Waals surface area contributed by atoms with Crippen LogP contribution < -0.4 is 11.1 Å². The molecular weight excluding hydrogens is 258 g/mol. The third-order valence-electron chi connectivity index (χ3n) is 2.26. The predicted molar refractivity (Wildman–Crippen MR) is 69.3 cm³/mol. The van der Waals surface area contributed by atoms with Crippen LogP contribution in [0.3, 0.4) is 0 Å². The quantitative estimate of drug-likeness (QED) is 0.832. The van der Waals surface area contributed by atoms with Gasteiger partial charge in [0.05, 0.1) is 5.75 Å². The van der Waals surface area contributed by atoms with Crippen molar-refractivity contribution in [3.05, 3.63) is 35.4 Å². The molecule has 0 aliphatic rings. The van der Waals surface area contributed by atoms with Gasteiger partial charge in [0, 0.05) is 23.9 Å². The molecule has 1 atom stereocenters. The molecule has 1 amide bonds. The van der Waals surface area contributed by atoms with Crippen LogP contribution in [0.2, 0.25) is 0 Å². The summed E-state index contributed by atoms with van der Waals surface area (Å²) in [6.07, 6.45) is 0. The zero-order valence-corrected chi connectivity index (χ0v) is 10.9. The summed E-state index contributed by atoms with van der Waals surface area (Å²) in [6, 6.07) is 2.57. The van der Waals surface area contributed by atoms with Gasteiger partial charge in [0.15, 0.2) is 0 Å². The molecular formula is C12H16F2N2OS. The summed E-state index contributed by atoms with van der Waals surface area (Å²) < 4.78 is 26.4. The van der Waals surface area contributed by atoms with E-state index in [1.165, 1.54) is 11.8 Å². The number of nitrogens with one attached hydrogen (secondary N) is 1. The summed E-state index contributed by atoms with van der Waals surface area (Å²) in [5, 5.41) is 2.64. The summed E-state index contributed by atoms with van der Waals surface area (Å²) in [5.41, 5.74) is 5.90. The highest BCUT2D eigenvalue weighted by Gasteiger charge is 2.13. The molecule has 6 heteroatoms. The highest BCUT2D eigenvalue weighted by atomic mass is 32.2. The van der Waals surface area contributed by atoms with Crippen molar-refractivity contribution < 1.29 is 13.6 Å². The van der Waals surface area contributed by atoms with Gasteiger partial charge in [-0.2, -0.15) is 11.8 Å². The highest BCUT2D eigenvalue weighted by Crippen LogP contribution is 2.20. The van der Waals surface area contributed by atoms with Crippen LogP contribution in [0.1, 0.15) is 18.5 Å². The van der Waals surface area contributed by atoms with Crippen molar-refractivity contribution in [1.82, 2.24) is 5.32 Å². The minimum atomic E-state index is -0.625. The van der Waals surface area contributed by atoms with Crippen molar-refractivity contribution in [3.63, 3.8) is 0 Å². The Morgan fingerprint density at radius 1 is 1.50 bits per heavy atom. The molecule has 0 saturated carbocycles. The van der Waals surface area contributed by atoms with Crippen molar-refractivity contribution in [2.75, 3.05) is 18.1 Å². The molecule has 1 aromatic carbocycles. The van der Waals surface area contributed by atoms with Crippen LogP contribution in [0.4, 0.5) is 8.78 Å². The fourth-order valence-corrected chi connectivity index (χ4v) is 2.25. The molecule has 1 aromatic rings. The number of benzene rings is 1. The van der Waals surface area contributed by atoms with Gasteiger partial charge in [0.25, 0.3) is 0 Å². The molecule has 1 rings (SSSR count). The number of hydrogen-bond acceptors (Lipinski definition) is 3. The zero-order chi connectivity index (χ0) is 13.5. The van der Waals surface area contributed by atoms with Crippen LogP contribution in [0.25, 0.3) is 0 Å². The van der Waals surface area contributed by atoms with E-state index in [1.54, 1.807) is 0 Å². The Bertz CT molecular complexity index is 415. The number of thioether (sulfide) groups is 1. The lowest BCUT2D eigenvalue weighted by atomic mass is 10.1. The lowest BCUT2D eigenvalue weighted by Gasteiger charge is -2.12. The van der Waals surface area contributed by atoms with Gasteiger partial charge < -0.3 is 11.1 Å². The lowest BCUT2D eigenvalue weighted by molar-refractivity contribution is -0.118. The molecule has 0 fully saturated rings. The lowest BCUT2D eigenvalue weighted by Crippen LogP contribution is -2.25. The fraction of sp³-hybridized carbons (Fsp3) is 0.417. The van der Waals surface area contributed by atoms with Crippen molar-refractivity contribution >= 4 is 17.7 Å². The number of halogens is 2. The molecule has 0 spiro atoms. The summed E-state index contributed by atoms with van der Waals surface area (Å²) in [5.74, 6) is -0.511. The van der Waals surface area contributed by atoms with Gasteiger partial charge in [-0.1, -0.05) is 0 Å². The van der Waals surface area contributed by atoms with Gasteiger partial charge in [-0.05, 0) is 25.1 Å². The summed E-state index contributed by atoms with van der Waals surface area (Å²) in [4.78, 5) is 11.2. The third-order valence-corrected chi connectivity index (χ3v) is 3.32. The van der Waals surface area contributed by atoms with E-state index >= 15 is 0 Å². The smallest absolute Gasteiger partial charge is 0.229 e. The van der Waals surface area contributed by atoms with Crippen LogP contribution in [0.5, 0.6) is 0 Å². The second-order valence-electron chi connectivity index (χ2n) is 3.74. The molecule has 0 saturated heterocycles. The molecule has 0 aliphatic carbocycles. The van der Waals surface area contributed by atoms with Crippen molar-refractivity contribution in [3.8, 4) is 0 Å². The van der Waals surface area contributed by atoms with E-state index in [2.05, 4.69) is 5.32 Å². The Kier molecular flexibility index (Phi) is 6.07. The molecule has 0 aromatic heterocycles. The SMILES string of the molecule is CCNC(=O)CSCC(N)c1cc(F)ccc1F. The molecule has 3 nitrogen and oxygen atoms in total. The molecule has 18 heavy (non-hydrogen) atoms. The topological polar surface area (TPSA) is 55.1 Å². The van der Waals surface area contributed by atoms with Gasteiger partial charge >= 0.3 is 0 Å². The van der Waals surface area contributed by atoms with Gasteiger partial charge in [0.2, 0.25) is 5.91 Å². The molecule has 100 valence electrons. The number of carbonyl (C=O) groups is 1. The van der Waals surface area contributed by atoms with Crippen LogP contribution in [-0.4, -0.2) is 24.0 Å². The van der Waals surface area contributed by atoms with E-state index in [4.69, 9.17) is 5.73 Å². The van der Waals surface area contributed by atoms with Crippen molar-refractivity contribution in [2.45, 2.75) is 13.0 Å². The van der Waals surface area contributed by atoms with Gasteiger partial charge in [-0.25, -0.2) is 8.78 Å². The van der Waals surface area contributed by atoms with Crippen LogP contribution in [-0.2, 0) is 4.79 Å². The van der Waals surface area contributed by atoms with Crippen LogP contribution in [0.15, 0.2) is 18.2 Å². The first kappa shape index (κ1) is 14.9. The van der Waals surface area contributed by atoms with Gasteiger partial charge in [-0.15, -0.1) is 0 Å². The monoisotopic (exact) mass is 274 g/mol. The van der Waals surface area contributed by atoms with Crippen LogP contribution >= 0.6 is 11.8 Å². The Morgan fingerprint density at radius 3 is 2.89 bits per heavy atom. The largest absolute Gasteiger partial charge is 0.356 e. The first-order chi connectivity index (χ1) is 8.54. The number of hydrogen-bond donors (Lipinski definition) is 2. The average Bonchev–Trinajstić information content (AvgIpc) is 2.32. The van der Waals surface area contributed by atoms with E-state index in [0.717, 1.165) is 18.2 Å². The molecule has 1 unspecified atom stereocenters.